The Morgan fingerprint density at radius 3 is 1.84 bits per heavy atom. The van der Waals surface area contributed by atoms with Crippen molar-refractivity contribution < 1.29 is 24.5 Å². The number of carbonyl (C=O) groups excluding carboxylic acids is 1. The molecule has 31 heavy (non-hydrogen) atoms. The van der Waals surface area contributed by atoms with Gasteiger partial charge >= 0.3 is 11.9 Å². The van der Waals surface area contributed by atoms with Crippen molar-refractivity contribution in [3.8, 4) is 0 Å². The highest BCUT2D eigenvalue weighted by Gasteiger charge is 2.19. The highest BCUT2D eigenvalue weighted by Crippen LogP contribution is 2.31. The number of ether oxygens (including phenoxy) is 1. The zero-order valence-corrected chi connectivity index (χ0v) is 20.1. The highest BCUT2D eigenvalue weighted by molar-refractivity contribution is 5.78. The molecule has 0 aliphatic carbocycles. The van der Waals surface area contributed by atoms with Crippen LogP contribution in [-0.4, -0.2) is 34.9 Å². The normalized spacial score (nSPS) is 11.9. The number of allylic oxidation sites excluding steroid dienone is 2. The summed E-state index contributed by atoms with van der Waals surface area (Å²) in [5.41, 5.74) is 2.12. The third kappa shape index (κ3) is 16.0. The monoisotopic (exact) mass is 434 g/mol. The number of aliphatic hydroxyl groups is 1. The van der Waals surface area contributed by atoms with E-state index in [0.29, 0.717) is 24.4 Å². The lowest BCUT2D eigenvalue weighted by atomic mass is 9.82. The molecule has 0 heterocycles. The Morgan fingerprint density at radius 2 is 1.52 bits per heavy atom. The van der Waals surface area contributed by atoms with Crippen LogP contribution in [0.4, 0.5) is 0 Å². The van der Waals surface area contributed by atoms with Gasteiger partial charge < -0.3 is 14.9 Å². The summed E-state index contributed by atoms with van der Waals surface area (Å²) < 4.78 is 4.85. The van der Waals surface area contributed by atoms with Crippen LogP contribution in [0.3, 0.4) is 0 Å². The highest BCUT2D eigenvalue weighted by atomic mass is 16.6. The van der Waals surface area contributed by atoms with E-state index < -0.39 is 18.0 Å². The van der Waals surface area contributed by atoms with Crippen molar-refractivity contribution in [1.29, 1.82) is 0 Å². The fourth-order valence-corrected chi connectivity index (χ4v) is 2.64. The number of hydrogen-bond acceptors (Lipinski definition) is 4. The molecular formula is C26H42O5. The Kier molecular flexibility index (Phi) is 18.3. The van der Waals surface area contributed by atoms with Crippen LogP contribution in [0.1, 0.15) is 71.4 Å². The fourth-order valence-electron chi connectivity index (χ4n) is 2.64. The predicted octanol–water partition coefficient (Wildman–Crippen LogP) is 5.78. The maximum absolute atomic E-state index is 11.7. The number of benzene rings is 1. The molecule has 0 spiro atoms. The van der Waals surface area contributed by atoms with Crippen LogP contribution in [0.15, 0.2) is 49.6 Å². The lowest BCUT2D eigenvalue weighted by Crippen LogP contribution is -2.24. The number of esters is 1. The molecule has 0 aliphatic heterocycles. The molecule has 0 fully saturated rings. The molecule has 1 aromatic rings. The van der Waals surface area contributed by atoms with Crippen LogP contribution < -0.4 is 0 Å². The van der Waals surface area contributed by atoms with Crippen LogP contribution in [0.25, 0.3) is 0 Å². The first kappa shape index (κ1) is 30.8. The lowest BCUT2D eigenvalue weighted by Gasteiger charge is -2.23. The van der Waals surface area contributed by atoms with Crippen molar-refractivity contribution >= 4 is 11.9 Å². The first-order chi connectivity index (χ1) is 14.5. The Balaban J connectivity index is 0. The van der Waals surface area contributed by atoms with Crippen molar-refractivity contribution in [3.63, 3.8) is 0 Å². The van der Waals surface area contributed by atoms with E-state index in [2.05, 4.69) is 53.0 Å². The zero-order valence-electron chi connectivity index (χ0n) is 20.1. The van der Waals surface area contributed by atoms with Crippen molar-refractivity contribution in [2.75, 3.05) is 6.61 Å². The maximum Gasteiger partial charge on any atom is 0.344 e. The van der Waals surface area contributed by atoms with Gasteiger partial charge in [-0.25, -0.2) is 4.79 Å². The number of aliphatic carboxylic acids is 1. The standard InChI is InChI=1S/C19H28O4.C4H6.C3H8O/c1-12(2)10-17(13(3)4)16-8-6-15(7-9-16)11-18(20)23-14(5)19(21)22;1-3-4-2;1-2-3-4/h6-9,12-14,17H,10-11H2,1-5H3,(H,21,22);3-4H,1-2H2;4H,2-3H2,1H3. The van der Waals surface area contributed by atoms with Gasteiger partial charge in [-0.3, -0.25) is 4.79 Å². The Labute approximate surface area is 188 Å². The van der Waals surface area contributed by atoms with Gasteiger partial charge in [-0.2, -0.15) is 0 Å². The van der Waals surface area contributed by atoms with Gasteiger partial charge in [0.25, 0.3) is 0 Å². The second-order valence-corrected chi connectivity index (χ2v) is 8.06. The number of carbonyl (C=O) groups is 2. The minimum atomic E-state index is -1.14. The average Bonchev–Trinajstić information content (AvgIpc) is 2.72. The van der Waals surface area contributed by atoms with E-state index in [1.807, 2.05) is 19.1 Å². The molecule has 5 nitrogen and oxygen atoms in total. The molecule has 176 valence electrons. The van der Waals surface area contributed by atoms with Crippen LogP contribution in [0.5, 0.6) is 0 Å². The zero-order chi connectivity index (χ0) is 24.4. The van der Waals surface area contributed by atoms with E-state index in [1.165, 1.54) is 12.5 Å². The smallest absolute Gasteiger partial charge is 0.344 e. The summed E-state index contributed by atoms with van der Waals surface area (Å²) in [7, 11) is 0. The molecule has 0 amide bonds. The van der Waals surface area contributed by atoms with Crippen LogP contribution >= 0.6 is 0 Å². The number of hydrogen-bond donors (Lipinski definition) is 2. The molecule has 2 N–H and O–H groups in total. The molecule has 0 aliphatic rings. The van der Waals surface area contributed by atoms with E-state index in [9.17, 15) is 9.59 Å². The largest absolute Gasteiger partial charge is 0.479 e. The molecule has 0 radical (unpaired) electrons. The Hall–Kier alpha value is -2.40. The summed E-state index contributed by atoms with van der Waals surface area (Å²) in [6.45, 7) is 19.2. The van der Waals surface area contributed by atoms with Gasteiger partial charge in [0.2, 0.25) is 0 Å². The van der Waals surface area contributed by atoms with E-state index in [4.69, 9.17) is 14.9 Å². The number of aliphatic hydroxyl groups excluding tert-OH is 1. The fraction of sp³-hybridized carbons (Fsp3) is 0.538. The number of rotatable bonds is 10. The van der Waals surface area contributed by atoms with Crippen molar-refractivity contribution in [1.82, 2.24) is 0 Å². The third-order valence-corrected chi connectivity index (χ3v) is 4.33. The Bertz CT molecular complexity index is 624. The minimum Gasteiger partial charge on any atom is -0.479 e. The molecule has 0 saturated carbocycles. The third-order valence-electron chi connectivity index (χ3n) is 4.33. The van der Waals surface area contributed by atoms with Crippen molar-refractivity contribution in [2.24, 2.45) is 11.8 Å². The van der Waals surface area contributed by atoms with E-state index in [-0.39, 0.29) is 6.42 Å². The molecule has 0 saturated heterocycles. The van der Waals surface area contributed by atoms with Crippen LogP contribution in [0, 0.1) is 11.8 Å². The predicted molar refractivity (Wildman–Crippen MR) is 128 cm³/mol. The van der Waals surface area contributed by atoms with Gasteiger partial charge in [0.15, 0.2) is 6.10 Å². The van der Waals surface area contributed by atoms with E-state index in [1.54, 1.807) is 12.2 Å². The van der Waals surface area contributed by atoms with E-state index >= 15 is 0 Å². The minimum absolute atomic E-state index is 0.0917. The molecule has 2 atom stereocenters. The van der Waals surface area contributed by atoms with E-state index in [0.717, 1.165) is 18.4 Å². The molecule has 0 bridgehead atoms. The van der Waals surface area contributed by atoms with Gasteiger partial charge in [-0.1, -0.05) is 84.2 Å². The van der Waals surface area contributed by atoms with Crippen LogP contribution in [0.2, 0.25) is 0 Å². The van der Waals surface area contributed by atoms with Gasteiger partial charge in [0.1, 0.15) is 0 Å². The summed E-state index contributed by atoms with van der Waals surface area (Å²) in [5.74, 6) is 0.0413. The van der Waals surface area contributed by atoms with Gasteiger partial charge in [0.05, 0.1) is 6.42 Å². The second kappa shape index (κ2) is 18.4. The topological polar surface area (TPSA) is 83.8 Å². The average molecular weight is 435 g/mol. The molecule has 1 aromatic carbocycles. The quantitative estimate of drug-likeness (QED) is 0.360. The summed E-state index contributed by atoms with van der Waals surface area (Å²) in [4.78, 5) is 22.4. The molecule has 5 heteroatoms. The van der Waals surface area contributed by atoms with Crippen molar-refractivity contribution in [3.05, 3.63) is 60.7 Å². The Morgan fingerprint density at radius 1 is 1.03 bits per heavy atom. The van der Waals surface area contributed by atoms with Crippen molar-refractivity contribution in [2.45, 2.75) is 72.8 Å². The molecule has 0 aromatic heterocycles. The summed E-state index contributed by atoms with van der Waals surface area (Å²) >= 11 is 0. The SMILES string of the molecule is C=CC=C.CC(C)CC(c1ccc(CC(=O)OC(C)C(=O)O)cc1)C(C)C.CCCO. The van der Waals surface area contributed by atoms with Crippen LogP contribution in [-0.2, 0) is 20.7 Å². The number of carboxylic acids is 1. The first-order valence-electron chi connectivity index (χ1n) is 10.9. The molecule has 2 unspecified atom stereocenters. The lowest BCUT2D eigenvalue weighted by molar-refractivity contribution is -0.162. The molecular weight excluding hydrogens is 392 g/mol. The van der Waals surface area contributed by atoms with Gasteiger partial charge in [-0.15, -0.1) is 0 Å². The first-order valence-corrected chi connectivity index (χ1v) is 10.9. The second-order valence-electron chi connectivity index (χ2n) is 8.06. The summed E-state index contributed by atoms with van der Waals surface area (Å²) in [6, 6.07) is 7.99. The molecule has 1 rings (SSSR count). The summed E-state index contributed by atoms with van der Waals surface area (Å²) in [5, 5.41) is 16.6. The summed E-state index contributed by atoms with van der Waals surface area (Å²) in [6.07, 6.45) is 4.27. The van der Waals surface area contributed by atoms with Gasteiger partial charge in [0, 0.05) is 6.61 Å². The number of carboxylic acid groups (broad SMARTS) is 1. The maximum atomic E-state index is 11.7. The van der Waals surface area contributed by atoms with Gasteiger partial charge in [-0.05, 0) is 48.6 Å².